The largest absolute Gasteiger partial charge is 0.480 e. The van der Waals surface area contributed by atoms with Gasteiger partial charge in [0.05, 0.1) is 0 Å². The van der Waals surface area contributed by atoms with Crippen molar-refractivity contribution in [2.45, 2.75) is 29.9 Å². The molecule has 0 atom stereocenters. The molecule has 0 unspecified atom stereocenters. The second-order valence-corrected chi connectivity index (χ2v) is 5.80. The van der Waals surface area contributed by atoms with Crippen LogP contribution in [-0.4, -0.2) is 22.4 Å². The number of hydrogen-bond acceptors (Lipinski definition) is 3. The quantitative estimate of drug-likeness (QED) is 0.773. The highest BCUT2D eigenvalue weighted by Crippen LogP contribution is 2.32. The van der Waals surface area contributed by atoms with Gasteiger partial charge in [0.25, 0.3) is 0 Å². The Bertz CT molecular complexity index is 360. The lowest BCUT2D eigenvalue weighted by Gasteiger charge is -2.18. The minimum Gasteiger partial charge on any atom is -0.480 e. The zero-order valence-electron chi connectivity index (χ0n) is 9.56. The molecule has 1 rings (SSSR count). The van der Waals surface area contributed by atoms with Crippen molar-refractivity contribution in [2.75, 3.05) is 6.54 Å². The van der Waals surface area contributed by atoms with Crippen LogP contribution in [0.15, 0.2) is 29.2 Å². The van der Waals surface area contributed by atoms with Crippen LogP contribution < -0.4 is 5.73 Å². The average molecular weight is 239 g/mol. The Hall–Kier alpha value is -1.00. The Balaban J connectivity index is 2.72. The Morgan fingerprint density at radius 3 is 2.38 bits per heavy atom. The predicted molar refractivity (Wildman–Crippen MR) is 66.8 cm³/mol. The Labute approximate surface area is 100 Å². The van der Waals surface area contributed by atoms with Crippen LogP contribution in [0.5, 0.6) is 0 Å². The van der Waals surface area contributed by atoms with Crippen molar-refractivity contribution in [3.05, 3.63) is 29.8 Å². The molecule has 0 amide bonds. The number of carboxylic acid groups (broad SMARTS) is 1. The lowest BCUT2D eigenvalue weighted by atomic mass is 10.2. The minimum absolute atomic E-state index is 0.632. The summed E-state index contributed by atoms with van der Waals surface area (Å²) in [6, 6.07) is 7.88. The number of benzene rings is 1. The lowest BCUT2D eigenvalue weighted by Crippen LogP contribution is -2.26. The maximum atomic E-state index is 11.0. The summed E-state index contributed by atoms with van der Waals surface area (Å²) in [6.45, 7) is 4.04. The summed E-state index contributed by atoms with van der Waals surface area (Å²) in [6.07, 6.45) is 0.854. The van der Waals surface area contributed by atoms with Crippen LogP contribution in [0.3, 0.4) is 0 Å². The van der Waals surface area contributed by atoms with Gasteiger partial charge in [0.2, 0.25) is 0 Å². The number of thioether (sulfide) groups is 1. The van der Waals surface area contributed by atoms with Gasteiger partial charge in [-0.05, 0) is 44.5 Å². The highest BCUT2D eigenvalue weighted by molar-refractivity contribution is 8.01. The van der Waals surface area contributed by atoms with E-state index in [1.54, 1.807) is 13.8 Å². The molecule has 0 fully saturated rings. The molecule has 0 aliphatic carbocycles. The van der Waals surface area contributed by atoms with E-state index in [1.807, 2.05) is 24.3 Å². The van der Waals surface area contributed by atoms with Crippen molar-refractivity contribution in [1.82, 2.24) is 0 Å². The number of hydrogen-bond donors (Lipinski definition) is 2. The first-order valence-electron chi connectivity index (χ1n) is 5.17. The monoisotopic (exact) mass is 239 g/mol. The van der Waals surface area contributed by atoms with Crippen molar-refractivity contribution in [1.29, 1.82) is 0 Å². The van der Waals surface area contributed by atoms with Gasteiger partial charge >= 0.3 is 5.97 Å². The summed E-state index contributed by atoms with van der Waals surface area (Å²) >= 11 is 1.35. The Morgan fingerprint density at radius 1 is 1.38 bits per heavy atom. The minimum atomic E-state index is -0.802. The molecule has 0 bridgehead atoms. The maximum absolute atomic E-state index is 11.0. The first-order valence-corrected chi connectivity index (χ1v) is 5.99. The molecule has 1 aromatic rings. The van der Waals surface area contributed by atoms with Crippen LogP contribution in [0, 0.1) is 0 Å². The van der Waals surface area contributed by atoms with Gasteiger partial charge in [0.15, 0.2) is 0 Å². The number of aliphatic carboxylic acids is 1. The van der Waals surface area contributed by atoms with E-state index in [9.17, 15) is 4.79 Å². The third kappa shape index (κ3) is 3.54. The molecule has 0 saturated heterocycles. The zero-order valence-corrected chi connectivity index (χ0v) is 10.4. The first kappa shape index (κ1) is 13.1. The fourth-order valence-electron chi connectivity index (χ4n) is 1.23. The second kappa shape index (κ2) is 5.37. The smallest absolute Gasteiger partial charge is 0.319 e. The summed E-state index contributed by atoms with van der Waals surface area (Å²) < 4.78 is -0.796. The SMILES string of the molecule is CC(C)(Sc1ccc(CCN)cc1)C(=O)O. The van der Waals surface area contributed by atoms with E-state index in [0.717, 1.165) is 11.3 Å². The molecule has 0 aliphatic heterocycles. The van der Waals surface area contributed by atoms with E-state index >= 15 is 0 Å². The molecule has 4 heteroatoms. The van der Waals surface area contributed by atoms with Crippen molar-refractivity contribution in [2.24, 2.45) is 5.73 Å². The van der Waals surface area contributed by atoms with Gasteiger partial charge in [-0.15, -0.1) is 11.8 Å². The number of carbonyl (C=O) groups is 1. The molecule has 16 heavy (non-hydrogen) atoms. The van der Waals surface area contributed by atoms with Crippen molar-refractivity contribution >= 4 is 17.7 Å². The lowest BCUT2D eigenvalue weighted by molar-refractivity contribution is -0.138. The molecule has 0 radical (unpaired) electrons. The Morgan fingerprint density at radius 2 is 1.94 bits per heavy atom. The number of carboxylic acids is 1. The second-order valence-electron chi connectivity index (χ2n) is 4.10. The normalized spacial score (nSPS) is 11.4. The molecule has 0 spiro atoms. The van der Waals surface area contributed by atoms with E-state index in [0.29, 0.717) is 6.54 Å². The van der Waals surface area contributed by atoms with Crippen LogP contribution in [0.1, 0.15) is 19.4 Å². The average Bonchev–Trinajstić information content (AvgIpc) is 2.21. The molecule has 3 N–H and O–H groups in total. The van der Waals surface area contributed by atoms with E-state index in [-0.39, 0.29) is 0 Å². The van der Waals surface area contributed by atoms with E-state index in [1.165, 1.54) is 17.3 Å². The molecule has 0 aliphatic rings. The van der Waals surface area contributed by atoms with Gasteiger partial charge in [-0.3, -0.25) is 4.79 Å². The number of nitrogens with two attached hydrogens (primary N) is 1. The zero-order chi connectivity index (χ0) is 12.2. The summed E-state index contributed by atoms with van der Waals surface area (Å²) in [4.78, 5) is 11.9. The molecule has 1 aromatic carbocycles. The first-order chi connectivity index (χ1) is 7.45. The van der Waals surface area contributed by atoms with Crippen LogP contribution in [0.4, 0.5) is 0 Å². The van der Waals surface area contributed by atoms with Crippen LogP contribution in [0.25, 0.3) is 0 Å². The van der Waals surface area contributed by atoms with E-state index < -0.39 is 10.7 Å². The third-order valence-corrected chi connectivity index (χ3v) is 3.44. The van der Waals surface area contributed by atoms with Gasteiger partial charge < -0.3 is 10.8 Å². The van der Waals surface area contributed by atoms with Crippen molar-refractivity contribution in [3.8, 4) is 0 Å². The number of rotatable bonds is 5. The van der Waals surface area contributed by atoms with Gasteiger partial charge in [0.1, 0.15) is 4.75 Å². The van der Waals surface area contributed by atoms with Gasteiger partial charge in [-0.25, -0.2) is 0 Å². The van der Waals surface area contributed by atoms with Gasteiger partial charge in [0, 0.05) is 4.90 Å². The molecule has 88 valence electrons. The molecule has 0 saturated carbocycles. The summed E-state index contributed by atoms with van der Waals surface area (Å²) in [5.41, 5.74) is 6.64. The van der Waals surface area contributed by atoms with E-state index in [2.05, 4.69) is 0 Å². The maximum Gasteiger partial charge on any atom is 0.319 e. The topological polar surface area (TPSA) is 63.3 Å². The molecular formula is C12H17NO2S. The summed E-state index contributed by atoms with van der Waals surface area (Å²) in [7, 11) is 0. The fourth-order valence-corrected chi connectivity index (χ4v) is 2.18. The van der Waals surface area contributed by atoms with Crippen molar-refractivity contribution in [3.63, 3.8) is 0 Å². The van der Waals surface area contributed by atoms with Gasteiger partial charge in [-0.2, -0.15) is 0 Å². The van der Waals surface area contributed by atoms with Crippen LogP contribution in [0.2, 0.25) is 0 Å². The Kier molecular flexibility index (Phi) is 4.38. The fraction of sp³-hybridized carbons (Fsp3) is 0.417. The highest BCUT2D eigenvalue weighted by Gasteiger charge is 2.28. The van der Waals surface area contributed by atoms with Crippen LogP contribution >= 0.6 is 11.8 Å². The third-order valence-electron chi connectivity index (χ3n) is 2.24. The predicted octanol–water partition coefficient (Wildman–Crippen LogP) is 2.14. The summed E-state index contributed by atoms with van der Waals surface area (Å²) in [5, 5.41) is 9.00. The standard InChI is InChI=1S/C12H17NO2S/c1-12(2,11(14)15)16-10-5-3-9(4-6-10)7-8-13/h3-6H,7-8,13H2,1-2H3,(H,14,15). The molecular weight excluding hydrogens is 222 g/mol. The van der Waals surface area contributed by atoms with Gasteiger partial charge in [-0.1, -0.05) is 12.1 Å². The molecule has 0 heterocycles. The molecule has 3 nitrogen and oxygen atoms in total. The van der Waals surface area contributed by atoms with Crippen LogP contribution in [-0.2, 0) is 11.2 Å². The van der Waals surface area contributed by atoms with E-state index in [4.69, 9.17) is 10.8 Å². The highest BCUT2D eigenvalue weighted by atomic mass is 32.2. The summed E-state index contributed by atoms with van der Waals surface area (Å²) in [5.74, 6) is -0.802. The molecule has 0 aromatic heterocycles. The van der Waals surface area contributed by atoms with Crippen molar-refractivity contribution < 1.29 is 9.90 Å².